The lowest BCUT2D eigenvalue weighted by atomic mass is 10.1. The zero-order valence-electron chi connectivity index (χ0n) is 11.1. The van der Waals surface area contributed by atoms with Crippen molar-refractivity contribution in [2.45, 2.75) is 39.2 Å². The predicted molar refractivity (Wildman–Crippen MR) is 74.7 cm³/mol. The highest BCUT2D eigenvalue weighted by Gasteiger charge is 2.18. The van der Waals surface area contributed by atoms with Gasteiger partial charge in [-0.1, -0.05) is 24.8 Å². The Labute approximate surface area is 109 Å². The molecule has 1 aromatic rings. The number of hydrogen-bond acceptors (Lipinski definition) is 2. The van der Waals surface area contributed by atoms with E-state index in [1.165, 1.54) is 0 Å². The summed E-state index contributed by atoms with van der Waals surface area (Å²) in [7, 11) is 0. The molecule has 18 heavy (non-hydrogen) atoms. The second-order valence-electron chi connectivity index (χ2n) is 4.61. The number of rotatable bonds is 6. The van der Waals surface area contributed by atoms with Crippen LogP contribution in [0, 0.1) is 0 Å². The summed E-state index contributed by atoms with van der Waals surface area (Å²) >= 11 is 0. The van der Waals surface area contributed by atoms with Crippen molar-refractivity contribution in [2.24, 2.45) is 0 Å². The van der Waals surface area contributed by atoms with Crippen LogP contribution in [0.25, 0.3) is 0 Å². The van der Waals surface area contributed by atoms with Crippen LogP contribution in [0.15, 0.2) is 42.7 Å². The van der Waals surface area contributed by atoms with Gasteiger partial charge in [-0.25, -0.2) is 0 Å². The third-order valence-corrected chi connectivity index (χ3v) is 2.68. The van der Waals surface area contributed by atoms with Crippen molar-refractivity contribution >= 4 is 11.6 Å². The van der Waals surface area contributed by atoms with E-state index < -0.39 is 0 Å². The fourth-order valence-electron chi connectivity index (χ4n) is 1.88. The minimum Gasteiger partial charge on any atom is -0.513 e. The smallest absolute Gasteiger partial charge is 0.227 e. The van der Waals surface area contributed by atoms with Crippen molar-refractivity contribution in [3.63, 3.8) is 0 Å². The van der Waals surface area contributed by atoms with Gasteiger partial charge in [-0.2, -0.15) is 0 Å². The van der Waals surface area contributed by atoms with Crippen molar-refractivity contribution in [3.05, 3.63) is 42.7 Å². The summed E-state index contributed by atoms with van der Waals surface area (Å²) in [6.45, 7) is 7.41. The largest absolute Gasteiger partial charge is 0.513 e. The summed E-state index contributed by atoms with van der Waals surface area (Å²) in [6.07, 6.45) is 1.53. The number of nitrogens with zero attached hydrogens (tertiary/aromatic N) is 1. The molecule has 1 rings (SSSR count). The number of carbonyl (C=O) groups is 1. The van der Waals surface area contributed by atoms with E-state index in [1.807, 2.05) is 44.2 Å². The van der Waals surface area contributed by atoms with Crippen LogP contribution in [0.1, 0.15) is 33.1 Å². The predicted octanol–water partition coefficient (Wildman–Crippen LogP) is 3.67. The lowest BCUT2D eigenvalue weighted by molar-refractivity contribution is -0.119. The molecule has 3 heteroatoms. The molecule has 0 saturated carbocycles. The van der Waals surface area contributed by atoms with Crippen LogP contribution in [0.2, 0.25) is 0 Å². The Balaban J connectivity index is 2.68. The van der Waals surface area contributed by atoms with Gasteiger partial charge in [-0.05, 0) is 32.4 Å². The Morgan fingerprint density at radius 1 is 1.28 bits per heavy atom. The van der Waals surface area contributed by atoms with Gasteiger partial charge in [0, 0.05) is 24.6 Å². The number of anilines is 1. The molecule has 98 valence electrons. The molecule has 0 heterocycles. The molecule has 0 radical (unpaired) electrons. The van der Waals surface area contributed by atoms with Gasteiger partial charge in [0.05, 0.1) is 5.76 Å². The molecule has 0 spiro atoms. The molecule has 0 aliphatic heterocycles. The number of benzene rings is 1. The maximum atomic E-state index is 12.2. The third kappa shape index (κ3) is 4.24. The standard InChI is InChI=1S/C15H21NO2/c1-12(2)16(14-9-5-4-6-10-14)15(18)11-7-8-13(3)17/h4-6,9-10,12,17H,3,7-8,11H2,1-2H3. The second kappa shape index (κ2) is 6.84. The van der Waals surface area contributed by atoms with Crippen LogP contribution in [0.4, 0.5) is 5.69 Å². The van der Waals surface area contributed by atoms with E-state index in [1.54, 1.807) is 4.90 Å². The van der Waals surface area contributed by atoms with E-state index in [0.29, 0.717) is 19.3 Å². The zero-order valence-corrected chi connectivity index (χ0v) is 11.1. The fraction of sp³-hybridized carbons (Fsp3) is 0.400. The fourth-order valence-corrected chi connectivity index (χ4v) is 1.88. The zero-order chi connectivity index (χ0) is 13.5. The summed E-state index contributed by atoms with van der Waals surface area (Å²) in [5.74, 6) is 0.219. The topological polar surface area (TPSA) is 40.5 Å². The Morgan fingerprint density at radius 2 is 1.89 bits per heavy atom. The van der Waals surface area contributed by atoms with Crippen LogP contribution in [0.5, 0.6) is 0 Å². The SMILES string of the molecule is C=C(O)CCCC(=O)N(c1ccccc1)C(C)C. The monoisotopic (exact) mass is 247 g/mol. The molecule has 0 bridgehead atoms. The van der Waals surface area contributed by atoms with Gasteiger partial charge < -0.3 is 10.0 Å². The van der Waals surface area contributed by atoms with Gasteiger partial charge in [0.25, 0.3) is 0 Å². The summed E-state index contributed by atoms with van der Waals surface area (Å²) in [5.41, 5.74) is 0.917. The van der Waals surface area contributed by atoms with Crippen LogP contribution in [0.3, 0.4) is 0 Å². The molecule has 0 atom stereocenters. The van der Waals surface area contributed by atoms with E-state index in [0.717, 1.165) is 5.69 Å². The Hall–Kier alpha value is -1.77. The highest BCUT2D eigenvalue weighted by molar-refractivity contribution is 5.93. The molecule has 1 N–H and O–H groups in total. The van der Waals surface area contributed by atoms with Gasteiger partial charge in [0.15, 0.2) is 0 Å². The molecule has 1 amide bonds. The maximum absolute atomic E-state index is 12.2. The van der Waals surface area contributed by atoms with Gasteiger partial charge >= 0.3 is 0 Å². The molecule has 0 saturated heterocycles. The first-order chi connectivity index (χ1) is 8.52. The number of carbonyl (C=O) groups excluding carboxylic acids is 1. The number of hydrogen-bond donors (Lipinski definition) is 1. The Kier molecular flexibility index (Phi) is 5.43. The van der Waals surface area contributed by atoms with E-state index >= 15 is 0 Å². The van der Waals surface area contributed by atoms with Crippen molar-refractivity contribution in [3.8, 4) is 0 Å². The van der Waals surface area contributed by atoms with Gasteiger partial charge in [-0.15, -0.1) is 0 Å². The Morgan fingerprint density at radius 3 is 2.39 bits per heavy atom. The molecule has 0 unspecified atom stereocenters. The lowest BCUT2D eigenvalue weighted by Gasteiger charge is -2.27. The summed E-state index contributed by atoms with van der Waals surface area (Å²) < 4.78 is 0. The molecular formula is C15H21NO2. The summed E-state index contributed by atoms with van der Waals surface area (Å²) in [4.78, 5) is 14.0. The van der Waals surface area contributed by atoms with Gasteiger partial charge in [-0.3, -0.25) is 4.79 Å². The Bertz CT molecular complexity index is 398. The van der Waals surface area contributed by atoms with Gasteiger partial charge in [0.2, 0.25) is 5.91 Å². The molecule has 0 aliphatic rings. The van der Waals surface area contributed by atoms with E-state index in [2.05, 4.69) is 6.58 Å². The van der Waals surface area contributed by atoms with Crippen molar-refractivity contribution in [1.82, 2.24) is 0 Å². The summed E-state index contributed by atoms with van der Waals surface area (Å²) in [6, 6.07) is 9.77. The highest BCUT2D eigenvalue weighted by atomic mass is 16.3. The van der Waals surface area contributed by atoms with E-state index in [-0.39, 0.29) is 17.7 Å². The number of aliphatic hydroxyl groups excluding tert-OH is 1. The molecule has 1 aromatic carbocycles. The lowest BCUT2D eigenvalue weighted by Crippen LogP contribution is -2.36. The van der Waals surface area contributed by atoms with E-state index in [4.69, 9.17) is 5.11 Å². The quantitative estimate of drug-likeness (QED) is 0.779. The third-order valence-electron chi connectivity index (χ3n) is 2.68. The van der Waals surface area contributed by atoms with Crippen LogP contribution in [-0.4, -0.2) is 17.1 Å². The first kappa shape index (κ1) is 14.3. The molecule has 0 aliphatic carbocycles. The van der Waals surface area contributed by atoms with Crippen LogP contribution in [-0.2, 0) is 4.79 Å². The second-order valence-corrected chi connectivity index (χ2v) is 4.61. The summed E-state index contributed by atoms with van der Waals surface area (Å²) in [5, 5.41) is 9.01. The van der Waals surface area contributed by atoms with E-state index in [9.17, 15) is 4.79 Å². The molecule has 0 aromatic heterocycles. The number of para-hydroxylation sites is 1. The minimum absolute atomic E-state index is 0.0810. The van der Waals surface area contributed by atoms with Gasteiger partial charge in [0.1, 0.15) is 0 Å². The van der Waals surface area contributed by atoms with Crippen molar-refractivity contribution in [2.75, 3.05) is 4.90 Å². The average molecular weight is 247 g/mol. The highest BCUT2D eigenvalue weighted by Crippen LogP contribution is 2.18. The number of amides is 1. The normalized spacial score (nSPS) is 10.4. The number of allylic oxidation sites excluding steroid dienone is 1. The first-order valence-electron chi connectivity index (χ1n) is 6.26. The van der Waals surface area contributed by atoms with Crippen molar-refractivity contribution in [1.29, 1.82) is 0 Å². The minimum atomic E-state index is 0.0810. The van der Waals surface area contributed by atoms with Crippen LogP contribution >= 0.6 is 0 Å². The number of aliphatic hydroxyl groups is 1. The average Bonchev–Trinajstić information content (AvgIpc) is 2.29. The molecule has 0 fully saturated rings. The first-order valence-corrected chi connectivity index (χ1v) is 6.26. The molecule has 3 nitrogen and oxygen atoms in total. The maximum Gasteiger partial charge on any atom is 0.227 e. The van der Waals surface area contributed by atoms with Crippen molar-refractivity contribution < 1.29 is 9.90 Å². The molecular weight excluding hydrogens is 226 g/mol. The van der Waals surface area contributed by atoms with Crippen LogP contribution < -0.4 is 4.90 Å².